The van der Waals surface area contributed by atoms with Crippen molar-refractivity contribution in [2.24, 2.45) is 0 Å². The molecule has 4 nitrogen and oxygen atoms in total. The van der Waals surface area contributed by atoms with Crippen LogP contribution >= 0.6 is 38.9 Å². The summed E-state index contributed by atoms with van der Waals surface area (Å²) in [6, 6.07) is 9.17. The summed E-state index contributed by atoms with van der Waals surface area (Å²) in [6.45, 7) is 0. The van der Waals surface area contributed by atoms with E-state index in [9.17, 15) is 4.79 Å². The minimum atomic E-state index is -0.235. The number of hydrogen-bond donors (Lipinski definition) is 2. The predicted octanol–water partition coefficient (Wildman–Crippen LogP) is 4.81. The van der Waals surface area contributed by atoms with Gasteiger partial charge in [0.05, 0.1) is 5.69 Å². The molecule has 0 spiro atoms. The Bertz CT molecular complexity index is 799. The highest BCUT2D eigenvalue weighted by molar-refractivity contribution is 9.10. The van der Waals surface area contributed by atoms with Gasteiger partial charge in [-0.25, -0.2) is 4.98 Å². The lowest BCUT2D eigenvalue weighted by molar-refractivity contribution is 0.102. The molecule has 0 aliphatic heterocycles. The van der Waals surface area contributed by atoms with Crippen LogP contribution in [0.4, 0.5) is 5.13 Å². The van der Waals surface area contributed by atoms with Gasteiger partial charge >= 0.3 is 0 Å². The highest BCUT2D eigenvalue weighted by Gasteiger charge is 2.12. The molecular weight excluding hydrogens is 374 g/mol. The highest BCUT2D eigenvalue weighted by atomic mass is 79.9. The van der Waals surface area contributed by atoms with Gasteiger partial charge in [-0.05, 0) is 28.1 Å². The van der Waals surface area contributed by atoms with Gasteiger partial charge in [-0.2, -0.15) is 0 Å². The monoisotopic (exact) mass is 381 g/mol. The van der Waals surface area contributed by atoms with Gasteiger partial charge in [0.2, 0.25) is 0 Å². The maximum absolute atomic E-state index is 12.0. The van der Waals surface area contributed by atoms with Crippen molar-refractivity contribution in [2.75, 3.05) is 5.32 Å². The standard InChI is InChI=1S/C14H9BrClN3OS/c15-8-5-11(17-6-8)13(20)19-14-18-12(7-21-14)9-3-1-2-4-10(9)16/h1-7,17H,(H,18,19,20). The minimum Gasteiger partial charge on any atom is -0.356 e. The second-order valence-electron chi connectivity index (χ2n) is 4.20. The van der Waals surface area contributed by atoms with Crippen molar-refractivity contribution >= 4 is 49.9 Å². The van der Waals surface area contributed by atoms with E-state index in [0.29, 0.717) is 15.8 Å². The van der Waals surface area contributed by atoms with Crippen LogP contribution in [0.15, 0.2) is 46.4 Å². The zero-order valence-corrected chi connectivity index (χ0v) is 13.7. The van der Waals surface area contributed by atoms with E-state index in [4.69, 9.17) is 11.6 Å². The van der Waals surface area contributed by atoms with Crippen molar-refractivity contribution in [1.82, 2.24) is 9.97 Å². The number of nitrogens with one attached hydrogen (secondary N) is 2. The predicted molar refractivity (Wildman–Crippen MR) is 89.0 cm³/mol. The third kappa shape index (κ3) is 3.18. The Morgan fingerprint density at radius 3 is 2.90 bits per heavy atom. The van der Waals surface area contributed by atoms with E-state index in [-0.39, 0.29) is 5.91 Å². The Morgan fingerprint density at radius 1 is 1.38 bits per heavy atom. The number of hydrogen-bond acceptors (Lipinski definition) is 3. The van der Waals surface area contributed by atoms with Gasteiger partial charge in [0.1, 0.15) is 5.69 Å². The number of benzene rings is 1. The summed E-state index contributed by atoms with van der Waals surface area (Å²) >= 11 is 10.8. The smallest absolute Gasteiger partial charge is 0.273 e. The second-order valence-corrected chi connectivity index (χ2v) is 6.38. The molecule has 21 heavy (non-hydrogen) atoms. The molecule has 2 N–H and O–H groups in total. The van der Waals surface area contributed by atoms with Crippen LogP contribution in [0.1, 0.15) is 10.5 Å². The average molecular weight is 383 g/mol. The number of carbonyl (C=O) groups excluding carboxylic acids is 1. The molecule has 0 radical (unpaired) electrons. The molecule has 0 unspecified atom stereocenters. The molecule has 106 valence electrons. The van der Waals surface area contributed by atoms with E-state index < -0.39 is 0 Å². The molecule has 3 aromatic rings. The average Bonchev–Trinajstić information content (AvgIpc) is 3.08. The second kappa shape index (κ2) is 6.01. The number of halogens is 2. The van der Waals surface area contributed by atoms with Gasteiger partial charge in [0.15, 0.2) is 5.13 Å². The van der Waals surface area contributed by atoms with Crippen LogP contribution in [-0.2, 0) is 0 Å². The van der Waals surface area contributed by atoms with Crippen LogP contribution in [0.25, 0.3) is 11.3 Å². The van der Waals surface area contributed by atoms with E-state index >= 15 is 0 Å². The van der Waals surface area contributed by atoms with E-state index in [0.717, 1.165) is 15.7 Å². The number of amides is 1. The van der Waals surface area contributed by atoms with Crippen molar-refractivity contribution in [1.29, 1.82) is 0 Å². The van der Waals surface area contributed by atoms with Crippen LogP contribution < -0.4 is 5.32 Å². The molecule has 0 bridgehead atoms. The maximum atomic E-state index is 12.0. The molecule has 0 saturated carbocycles. The van der Waals surface area contributed by atoms with Gasteiger partial charge in [0.25, 0.3) is 5.91 Å². The number of aromatic nitrogens is 2. The van der Waals surface area contributed by atoms with E-state index in [1.807, 2.05) is 29.6 Å². The first-order chi connectivity index (χ1) is 10.1. The minimum absolute atomic E-state index is 0.235. The third-order valence-corrected chi connectivity index (χ3v) is 4.31. The van der Waals surface area contributed by atoms with Gasteiger partial charge in [-0.15, -0.1) is 11.3 Å². The molecule has 7 heteroatoms. The molecule has 0 saturated heterocycles. The van der Waals surface area contributed by atoms with Crippen molar-refractivity contribution in [3.63, 3.8) is 0 Å². The summed E-state index contributed by atoms with van der Waals surface area (Å²) < 4.78 is 0.823. The lowest BCUT2D eigenvalue weighted by Gasteiger charge is -2.00. The summed E-state index contributed by atoms with van der Waals surface area (Å²) in [4.78, 5) is 19.3. The first kappa shape index (κ1) is 14.3. The topological polar surface area (TPSA) is 57.8 Å². The summed E-state index contributed by atoms with van der Waals surface area (Å²) in [5, 5.41) is 5.78. The van der Waals surface area contributed by atoms with Crippen LogP contribution in [0, 0.1) is 0 Å². The summed E-state index contributed by atoms with van der Waals surface area (Å²) in [5.74, 6) is -0.235. The number of aromatic amines is 1. The normalized spacial score (nSPS) is 10.6. The van der Waals surface area contributed by atoms with Crippen LogP contribution in [0.3, 0.4) is 0 Å². The van der Waals surface area contributed by atoms with E-state index in [1.54, 1.807) is 12.3 Å². The zero-order valence-electron chi connectivity index (χ0n) is 10.6. The molecular formula is C14H9BrClN3OS. The fraction of sp³-hybridized carbons (Fsp3) is 0. The fourth-order valence-electron chi connectivity index (χ4n) is 1.79. The van der Waals surface area contributed by atoms with Crippen molar-refractivity contribution in [3.8, 4) is 11.3 Å². The van der Waals surface area contributed by atoms with Crippen LogP contribution in [0.2, 0.25) is 5.02 Å². The quantitative estimate of drug-likeness (QED) is 0.683. The number of carbonyl (C=O) groups is 1. The first-order valence-electron chi connectivity index (χ1n) is 5.99. The molecule has 2 heterocycles. The summed E-state index contributed by atoms with van der Waals surface area (Å²) in [7, 11) is 0. The molecule has 2 aromatic heterocycles. The molecule has 3 rings (SSSR count). The third-order valence-electron chi connectivity index (χ3n) is 2.77. The van der Waals surface area contributed by atoms with Crippen molar-refractivity contribution < 1.29 is 4.79 Å². The Morgan fingerprint density at radius 2 is 2.19 bits per heavy atom. The van der Waals surface area contributed by atoms with Gasteiger partial charge in [-0.3, -0.25) is 10.1 Å². The van der Waals surface area contributed by atoms with Crippen LogP contribution in [-0.4, -0.2) is 15.9 Å². The van der Waals surface area contributed by atoms with Crippen molar-refractivity contribution in [3.05, 3.63) is 57.1 Å². The lowest BCUT2D eigenvalue weighted by atomic mass is 10.2. The Labute approximate surface area is 138 Å². The number of H-pyrrole nitrogens is 1. The largest absolute Gasteiger partial charge is 0.356 e. The van der Waals surface area contributed by atoms with E-state index in [2.05, 4.69) is 31.2 Å². The molecule has 1 aromatic carbocycles. The molecule has 0 fully saturated rings. The number of anilines is 1. The SMILES string of the molecule is O=C(Nc1nc(-c2ccccc2Cl)cs1)c1cc(Br)c[nH]1. The number of thiazole rings is 1. The zero-order chi connectivity index (χ0) is 14.8. The Balaban J connectivity index is 1.80. The lowest BCUT2D eigenvalue weighted by Crippen LogP contribution is -2.11. The van der Waals surface area contributed by atoms with Crippen LogP contribution in [0.5, 0.6) is 0 Å². The van der Waals surface area contributed by atoms with Crippen molar-refractivity contribution in [2.45, 2.75) is 0 Å². The first-order valence-corrected chi connectivity index (χ1v) is 8.04. The Hall–Kier alpha value is -1.63. The van der Waals surface area contributed by atoms with Gasteiger partial charge in [-0.1, -0.05) is 29.8 Å². The maximum Gasteiger partial charge on any atom is 0.273 e. The van der Waals surface area contributed by atoms with Gasteiger partial charge < -0.3 is 4.98 Å². The van der Waals surface area contributed by atoms with E-state index in [1.165, 1.54) is 11.3 Å². The summed E-state index contributed by atoms with van der Waals surface area (Å²) in [5.41, 5.74) is 2.06. The Kier molecular flexibility index (Phi) is 4.10. The molecule has 0 aliphatic rings. The van der Waals surface area contributed by atoms with Gasteiger partial charge in [0, 0.05) is 26.6 Å². The highest BCUT2D eigenvalue weighted by Crippen LogP contribution is 2.30. The summed E-state index contributed by atoms with van der Waals surface area (Å²) in [6.07, 6.45) is 1.70. The number of nitrogens with zero attached hydrogens (tertiary/aromatic N) is 1. The number of rotatable bonds is 3. The molecule has 1 amide bonds. The molecule has 0 atom stereocenters. The molecule has 0 aliphatic carbocycles. The fourth-order valence-corrected chi connectivity index (χ4v) is 3.07.